The summed E-state index contributed by atoms with van der Waals surface area (Å²) in [4.78, 5) is 0. The van der Waals surface area contributed by atoms with Crippen LogP contribution in [0.3, 0.4) is 0 Å². The van der Waals surface area contributed by atoms with Crippen LogP contribution in [0.15, 0.2) is 23.8 Å². The first-order valence-electron chi connectivity index (χ1n) is 4.29. The third-order valence-electron chi connectivity index (χ3n) is 2.22. The number of allylic oxidation sites excluding steroid dienone is 4. The first-order chi connectivity index (χ1) is 5.20. The van der Waals surface area contributed by atoms with E-state index in [9.17, 15) is 0 Å². The summed E-state index contributed by atoms with van der Waals surface area (Å²) >= 11 is 0. The van der Waals surface area contributed by atoms with Crippen molar-refractivity contribution in [2.24, 2.45) is 11.7 Å². The Labute approximate surface area is 69.0 Å². The Kier molecular flexibility index (Phi) is 2.89. The van der Waals surface area contributed by atoms with Crippen LogP contribution in [0.2, 0.25) is 0 Å². The van der Waals surface area contributed by atoms with Gasteiger partial charge >= 0.3 is 0 Å². The smallest absolute Gasteiger partial charge is 0.00162 e. The standard InChI is InChI=1S/C10H17N/c1-8-5-3-4-6-10(8)7-9(2)11/h3-5,9-10H,6-7,11H2,1-2H3. The fourth-order valence-corrected chi connectivity index (χ4v) is 1.52. The van der Waals surface area contributed by atoms with E-state index in [4.69, 9.17) is 5.73 Å². The average molecular weight is 151 g/mol. The highest BCUT2D eigenvalue weighted by atomic mass is 14.6. The van der Waals surface area contributed by atoms with E-state index in [1.165, 1.54) is 12.0 Å². The van der Waals surface area contributed by atoms with Crippen molar-refractivity contribution in [2.75, 3.05) is 0 Å². The molecular weight excluding hydrogens is 134 g/mol. The molecule has 0 heterocycles. The Bertz CT molecular complexity index is 177. The van der Waals surface area contributed by atoms with Gasteiger partial charge in [0, 0.05) is 6.04 Å². The van der Waals surface area contributed by atoms with Gasteiger partial charge in [-0.25, -0.2) is 0 Å². The van der Waals surface area contributed by atoms with E-state index in [1.54, 1.807) is 0 Å². The molecule has 2 atom stereocenters. The molecule has 0 saturated carbocycles. The van der Waals surface area contributed by atoms with Crippen molar-refractivity contribution in [1.82, 2.24) is 0 Å². The SMILES string of the molecule is CC1=CC=CCC1CC(C)N. The van der Waals surface area contributed by atoms with E-state index >= 15 is 0 Å². The van der Waals surface area contributed by atoms with Gasteiger partial charge in [-0.3, -0.25) is 0 Å². The summed E-state index contributed by atoms with van der Waals surface area (Å²) in [5.41, 5.74) is 7.21. The molecule has 0 aromatic rings. The normalized spacial score (nSPS) is 26.5. The molecule has 0 amide bonds. The molecule has 1 rings (SSSR count). The predicted molar refractivity (Wildman–Crippen MR) is 49.3 cm³/mol. The van der Waals surface area contributed by atoms with E-state index < -0.39 is 0 Å². The van der Waals surface area contributed by atoms with E-state index in [1.807, 2.05) is 0 Å². The van der Waals surface area contributed by atoms with Crippen LogP contribution in [0.5, 0.6) is 0 Å². The van der Waals surface area contributed by atoms with Crippen LogP contribution < -0.4 is 5.73 Å². The molecule has 0 radical (unpaired) electrons. The van der Waals surface area contributed by atoms with Gasteiger partial charge in [0.15, 0.2) is 0 Å². The van der Waals surface area contributed by atoms with Crippen LogP contribution in [-0.2, 0) is 0 Å². The molecule has 0 saturated heterocycles. The first-order valence-corrected chi connectivity index (χ1v) is 4.29. The molecule has 1 heteroatoms. The third kappa shape index (κ3) is 2.51. The lowest BCUT2D eigenvalue weighted by Crippen LogP contribution is -2.20. The monoisotopic (exact) mass is 151 g/mol. The highest BCUT2D eigenvalue weighted by molar-refractivity contribution is 5.19. The number of rotatable bonds is 2. The second-order valence-electron chi connectivity index (χ2n) is 3.48. The molecule has 2 unspecified atom stereocenters. The number of hydrogen-bond acceptors (Lipinski definition) is 1. The topological polar surface area (TPSA) is 26.0 Å². The largest absolute Gasteiger partial charge is 0.328 e. The van der Waals surface area contributed by atoms with Gasteiger partial charge in [-0.05, 0) is 32.6 Å². The zero-order valence-corrected chi connectivity index (χ0v) is 7.38. The molecule has 11 heavy (non-hydrogen) atoms. The Balaban J connectivity index is 2.47. The molecule has 0 aromatic heterocycles. The molecule has 0 aromatic carbocycles. The average Bonchev–Trinajstić information content (AvgIpc) is 1.93. The van der Waals surface area contributed by atoms with Crippen molar-refractivity contribution in [1.29, 1.82) is 0 Å². The van der Waals surface area contributed by atoms with Crippen molar-refractivity contribution < 1.29 is 0 Å². The van der Waals surface area contributed by atoms with Crippen molar-refractivity contribution in [3.05, 3.63) is 23.8 Å². The van der Waals surface area contributed by atoms with Crippen molar-refractivity contribution in [2.45, 2.75) is 32.7 Å². The maximum atomic E-state index is 5.73. The summed E-state index contributed by atoms with van der Waals surface area (Å²) in [5.74, 6) is 0.694. The lowest BCUT2D eigenvalue weighted by molar-refractivity contribution is 0.504. The second-order valence-corrected chi connectivity index (χ2v) is 3.48. The number of nitrogens with two attached hydrogens (primary N) is 1. The molecule has 2 N–H and O–H groups in total. The van der Waals surface area contributed by atoms with Gasteiger partial charge in [0.2, 0.25) is 0 Å². The minimum absolute atomic E-state index is 0.329. The van der Waals surface area contributed by atoms with Crippen LogP contribution >= 0.6 is 0 Å². The maximum Gasteiger partial charge on any atom is 0.00162 e. The van der Waals surface area contributed by atoms with E-state index in [2.05, 4.69) is 32.1 Å². The minimum Gasteiger partial charge on any atom is -0.328 e. The molecule has 1 aliphatic rings. The second kappa shape index (κ2) is 3.72. The van der Waals surface area contributed by atoms with Crippen molar-refractivity contribution in [3.63, 3.8) is 0 Å². The van der Waals surface area contributed by atoms with Gasteiger partial charge in [-0.15, -0.1) is 0 Å². The van der Waals surface area contributed by atoms with Crippen LogP contribution in [0.25, 0.3) is 0 Å². The quantitative estimate of drug-likeness (QED) is 0.643. The summed E-state index contributed by atoms with van der Waals surface area (Å²) < 4.78 is 0. The van der Waals surface area contributed by atoms with Gasteiger partial charge in [-0.2, -0.15) is 0 Å². The summed E-state index contributed by atoms with van der Waals surface area (Å²) in [6.07, 6.45) is 8.83. The molecule has 0 spiro atoms. The van der Waals surface area contributed by atoms with E-state index in [0.29, 0.717) is 12.0 Å². The summed E-state index contributed by atoms with van der Waals surface area (Å²) in [6, 6.07) is 0.329. The van der Waals surface area contributed by atoms with Gasteiger partial charge in [0.25, 0.3) is 0 Å². The van der Waals surface area contributed by atoms with Crippen LogP contribution in [0, 0.1) is 5.92 Å². The Morgan fingerprint density at radius 2 is 2.45 bits per heavy atom. The van der Waals surface area contributed by atoms with Crippen LogP contribution in [0.4, 0.5) is 0 Å². The van der Waals surface area contributed by atoms with Gasteiger partial charge in [0.05, 0.1) is 0 Å². The molecule has 0 fully saturated rings. The van der Waals surface area contributed by atoms with Crippen LogP contribution in [-0.4, -0.2) is 6.04 Å². The lowest BCUT2D eigenvalue weighted by Gasteiger charge is -2.20. The Morgan fingerprint density at radius 3 is 3.00 bits per heavy atom. The van der Waals surface area contributed by atoms with Crippen molar-refractivity contribution >= 4 is 0 Å². The first kappa shape index (κ1) is 8.54. The summed E-state index contributed by atoms with van der Waals surface area (Å²) in [7, 11) is 0. The molecule has 62 valence electrons. The zero-order valence-electron chi connectivity index (χ0n) is 7.38. The minimum atomic E-state index is 0.329. The zero-order chi connectivity index (χ0) is 8.27. The summed E-state index contributed by atoms with van der Waals surface area (Å²) in [5, 5.41) is 0. The molecule has 0 aliphatic heterocycles. The Morgan fingerprint density at radius 1 is 1.73 bits per heavy atom. The van der Waals surface area contributed by atoms with E-state index in [0.717, 1.165) is 6.42 Å². The predicted octanol–water partition coefficient (Wildman–Crippen LogP) is 2.25. The lowest BCUT2D eigenvalue weighted by atomic mass is 9.88. The van der Waals surface area contributed by atoms with E-state index in [-0.39, 0.29) is 0 Å². The molecule has 0 bridgehead atoms. The third-order valence-corrected chi connectivity index (χ3v) is 2.22. The molecule has 1 aliphatic carbocycles. The fourth-order valence-electron chi connectivity index (χ4n) is 1.52. The fraction of sp³-hybridized carbons (Fsp3) is 0.600. The highest BCUT2D eigenvalue weighted by Crippen LogP contribution is 2.23. The maximum absolute atomic E-state index is 5.73. The van der Waals surface area contributed by atoms with Crippen LogP contribution in [0.1, 0.15) is 26.7 Å². The Hall–Kier alpha value is -0.560. The number of hydrogen-bond donors (Lipinski definition) is 1. The van der Waals surface area contributed by atoms with Gasteiger partial charge in [0.1, 0.15) is 0 Å². The molecule has 1 nitrogen and oxygen atoms in total. The van der Waals surface area contributed by atoms with Gasteiger partial charge < -0.3 is 5.73 Å². The summed E-state index contributed by atoms with van der Waals surface area (Å²) in [6.45, 7) is 4.27. The molecular formula is C10H17N. The van der Waals surface area contributed by atoms with Gasteiger partial charge in [-0.1, -0.05) is 23.8 Å². The van der Waals surface area contributed by atoms with Crippen molar-refractivity contribution in [3.8, 4) is 0 Å². The highest BCUT2D eigenvalue weighted by Gasteiger charge is 2.12.